The molecule has 0 spiro atoms. The number of fused-ring (bicyclic) bond motifs is 1. The van der Waals surface area contributed by atoms with Crippen LogP contribution in [0.5, 0.6) is 0 Å². The maximum atomic E-state index is 13.7. The van der Waals surface area contributed by atoms with Crippen molar-refractivity contribution in [3.05, 3.63) is 77.6 Å². The van der Waals surface area contributed by atoms with E-state index in [1.165, 1.54) is 12.1 Å². The average molecular weight is 574 g/mol. The van der Waals surface area contributed by atoms with Crippen molar-refractivity contribution in [2.45, 2.75) is 40.2 Å². The number of hydrogen-bond acceptors (Lipinski definition) is 6. The third-order valence-corrected chi connectivity index (χ3v) is 7.12. The van der Waals surface area contributed by atoms with E-state index in [-0.39, 0.29) is 12.5 Å². The molecule has 4 rings (SSSR count). The summed E-state index contributed by atoms with van der Waals surface area (Å²) in [4.78, 5) is 40.9. The number of carbonyl (C=O) groups excluding carboxylic acids is 3. The quantitative estimate of drug-likeness (QED) is 0.220. The highest BCUT2D eigenvalue weighted by Gasteiger charge is 2.31. The Morgan fingerprint density at radius 1 is 0.929 bits per heavy atom. The zero-order valence-electron chi connectivity index (χ0n) is 24.8. The summed E-state index contributed by atoms with van der Waals surface area (Å²) in [5, 5.41) is 6.03. The van der Waals surface area contributed by atoms with E-state index in [2.05, 4.69) is 15.5 Å². The minimum Gasteiger partial charge on any atom is -0.464 e. The first-order chi connectivity index (χ1) is 20.0. The fourth-order valence-corrected chi connectivity index (χ4v) is 4.89. The molecule has 0 aliphatic carbocycles. The Balaban J connectivity index is 1.89. The number of rotatable bonds is 10. The Morgan fingerprint density at radius 2 is 1.62 bits per heavy atom. The highest BCUT2D eigenvalue weighted by molar-refractivity contribution is 6.13. The Kier molecular flexibility index (Phi) is 8.99. The molecule has 8 nitrogen and oxygen atoms in total. The van der Waals surface area contributed by atoms with Crippen molar-refractivity contribution >= 4 is 34.4 Å². The van der Waals surface area contributed by atoms with E-state index in [4.69, 9.17) is 9.15 Å². The summed E-state index contributed by atoms with van der Waals surface area (Å²) in [6.07, 6.45) is 0. The van der Waals surface area contributed by atoms with E-state index in [9.17, 15) is 18.8 Å². The van der Waals surface area contributed by atoms with Crippen molar-refractivity contribution in [2.24, 2.45) is 0 Å². The average Bonchev–Trinajstić information content (AvgIpc) is 3.35. The zero-order chi connectivity index (χ0) is 30.6. The van der Waals surface area contributed by atoms with Crippen LogP contribution in [0.3, 0.4) is 0 Å². The van der Waals surface area contributed by atoms with E-state index in [0.29, 0.717) is 46.5 Å². The predicted molar refractivity (Wildman–Crippen MR) is 162 cm³/mol. The molecule has 0 atom stereocenters. The molecule has 220 valence electrons. The Morgan fingerprint density at radius 3 is 2.24 bits per heavy atom. The molecular weight excluding hydrogens is 537 g/mol. The highest BCUT2D eigenvalue weighted by atomic mass is 19.1. The van der Waals surface area contributed by atoms with Gasteiger partial charge >= 0.3 is 5.97 Å². The fraction of sp³-hybridized carbons (Fsp3) is 0.303. The van der Waals surface area contributed by atoms with Gasteiger partial charge < -0.3 is 24.7 Å². The summed E-state index contributed by atoms with van der Waals surface area (Å²) in [5.41, 5.74) is 2.95. The van der Waals surface area contributed by atoms with Crippen LogP contribution in [-0.2, 0) is 9.53 Å². The van der Waals surface area contributed by atoms with Gasteiger partial charge in [-0.1, -0.05) is 12.1 Å². The lowest BCUT2D eigenvalue weighted by molar-refractivity contribution is -0.149. The van der Waals surface area contributed by atoms with Crippen LogP contribution in [0.2, 0.25) is 0 Å². The molecular formula is C33H36FN3O5. The number of nitrogens with zero attached hydrogens (tertiary/aromatic N) is 1. The molecule has 0 bridgehead atoms. The second-order valence-corrected chi connectivity index (χ2v) is 10.3. The third-order valence-electron chi connectivity index (χ3n) is 7.12. The molecule has 0 saturated heterocycles. The number of amides is 2. The summed E-state index contributed by atoms with van der Waals surface area (Å²) in [7, 11) is 1.54. The third kappa shape index (κ3) is 6.00. The maximum absolute atomic E-state index is 13.7. The zero-order valence-corrected chi connectivity index (χ0v) is 24.8. The smallest absolute Gasteiger partial charge is 0.331 e. The normalized spacial score (nSPS) is 11.3. The molecule has 1 heterocycles. The van der Waals surface area contributed by atoms with Gasteiger partial charge in [-0.05, 0) is 82.6 Å². The van der Waals surface area contributed by atoms with Crippen LogP contribution in [0, 0.1) is 5.82 Å². The van der Waals surface area contributed by atoms with Crippen LogP contribution in [0.1, 0.15) is 55.3 Å². The molecule has 0 aliphatic rings. The van der Waals surface area contributed by atoms with Crippen LogP contribution in [0.25, 0.3) is 33.4 Å². The number of nitrogens with one attached hydrogen (secondary N) is 2. The number of esters is 1. The lowest BCUT2D eigenvalue weighted by Crippen LogP contribution is -2.50. The molecule has 42 heavy (non-hydrogen) atoms. The van der Waals surface area contributed by atoms with Gasteiger partial charge in [0, 0.05) is 54.0 Å². The van der Waals surface area contributed by atoms with Crippen LogP contribution < -0.4 is 15.5 Å². The van der Waals surface area contributed by atoms with Gasteiger partial charge in [0.05, 0.1) is 12.2 Å². The minimum absolute atomic E-state index is 0.207. The maximum Gasteiger partial charge on any atom is 0.331 e. The van der Waals surface area contributed by atoms with Gasteiger partial charge in [0.2, 0.25) is 0 Å². The number of furan rings is 1. The first-order valence-corrected chi connectivity index (χ1v) is 14.0. The van der Waals surface area contributed by atoms with Crippen molar-refractivity contribution in [1.29, 1.82) is 0 Å². The van der Waals surface area contributed by atoms with Gasteiger partial charge in [-0.2, -0.15) is 0 Å². The number of hydrogen-bond donors (Lipinski definition) is 2. The molecule has 2 amide bonds. The molecule has 0 aliphatic heterocycles. The first-order valence-electron chi connectivity index (χ1n) is 14.0. The SMILES string of the molecule is CCOC(=O)C(C)(C)NC(=O)c1cccc(-c2cc3c(C(=O)NC)c(-c4ccc(F)cc4)oc3cc2N(CC)CC)c1. The van der Waals surface area contributed by atoms with Gasteiger partial charge in [0.1, 0.15) is 22.7 Å². The predicted octanol–water partition coefficient (Wildman–Crippen LogP) is 6.18. The van der Waals surface area contributed by atoms with E-state index in [0.717, 1.165) is 16.8 Å². The molecule has 1 aromatic heterocycles. The van der Waals surface area contributed by atoms with Gasteiger partial charge in [-0.3, -0.25) is 9.59 Å². The standard InChI is InChI=1S/C33H36FN3O5/c1-7-37(8-2)26-19-27-25(28(31(39)35-6)29(42-27)20-13-15-23(34)16-14-20)18-24(26)21-11-10-12-22(17-21)30(38)36-33(4,5)32(40)41-9-3/h10-19H,7-9H2,1-6H3,(H,35,39)(H,36,38). The van der Waals surface area contributed by atoms with Crippen molar-refractivity contribution in [3.8, 4) is 22.5 Å². The van der Waals surface area contributed by atoms with Gasteiger partial charge in [-0.25, -0.2) is 9.18 Å². The summed E-state index contributed by atoms with van der Waals surface area (Å²) >= 11 is 0. The molecule has 2 N–H and O–H groups in total. The summed E-state index contributed by atoms with van der Waals surface area (Å²) in [5.74, 6) is -1.35. The van der Waals surface area contributed by atoms with Crippen LogP contribution in [-0.4, -0.2) is 50.1 Å². The number of carbonyl (C=O) groups is 3. The molecule has 0 unspecified atom stereocenters. The van der Waals surface area contributed by atoms with Crippen LogP contribution in [0.15, 0.2) is 65.1 Å². The first kappa shape index (κ1) is 30.3. The number of anilines is 1. The second-order valence-electron chi connectivity index (χ2n) is 10.3. The number of ether oxygens (including phenoxy) is 1. The van der Waals surface area contributed by atoms with E-state index in [1.807, 2.05) is 32.0 Å². The summed E-state index contributed by atoms with van der Waals surface area (Å²) in [6, 6.07) is 16.7. The van der Waals surface area contributed by atoms with Crippen molar-refractivity contribution in [2.75, 3.05) is 31.6 Å². The topological polar surface area (TPSA) is 101 Å². The Labute approximate surface area is 244 Å². The lowest BCUT2D eigenvalue weighted by atomic mass is 9.96. The largest absolute Gasteiger partial charge is 0.464 e. The van der Waals surface area contributed by atoms with Crippen molar-refractivity contribution in [1.82, 2.24) is 10.6 Å². The Hall–Kier alpha value is -4.66. The van der Waals surface area contributed by atoms with Crippen LogP contribution >= 0.6 is 0 Å². The van der Waals surface area contributed by atoms with Gasteiger partial charge in [0.25, 0.3) is 11.8 Å². The molecule has 4 aromatic rings. The number of benzene rings is 3. The number of halogens is 1. The van der Waals surface area contributed by atoms with E-state index in [1.54, 1.807) is 58.2 Å². The highest BCUT2D eigenvalue weighted by Crippen LogP contribution is 2.41. The second kappa shape index (κ2) is 12.5. The Bertz CT molecular complexity index is 1620. The van der Waals surface area contributed by atoms with E-state index < -0.39 is 23.2 Å². The minimum atomic E-state index is -1.22. The van der Waals surface area contributed by atoms with Gasteiger partial charge in [0.15, 0.2) is 0 Å². The fourth-order valence-electron chi connectivity index (χ4n) is 4.89. The summed E-state index contributed by atoms with van der Waals surface area (Å²) in [6.45, 7) is 10.6. The monoisotopic (exact) mass is 573 g/mol. The summed E-state index contributed by atoms with van der Waals surface area (Å²) < 4.78 is 25.0. The van der Waals surface area contributed by atoms with Crippen molar-refractivity contribution < 1.29 is 27.9 Å². The van der Waals surface area contributed by atoms with Crippen molar-refractivity contribution in [3.63, 3.8) is 0 Å². The molecule has 0 radical (unpaired) electrons. The lowest BCUT2D eigenvalue weighted by Gasteiger charge is -2.25. The molecule has 0 fully saturated rings. The molecule has 9 heteroatoms. The van der Waals surface area contributed by atoms with E-state index >= 15 is 0 Å². The molecule has 3 aromatic carbocycles. The molecule has 0 saturated carbocycles. The van der Waals surface area contributed by atoms with Crippen LogP contribution in [0.4, 0.5) is 10.1 Å². The van der Waals surface area contributed by atoms with Gasteiger partial charge in [-0.15, -0.1) is 0 Å².